The second kappa shape index (κ2) is 8.39. The van der Waals surface area contributed by atoms with Crippen LogP contribution in [0.25, 0.3) is 0 Å². The van der Waals surface area contributed by atoms with Crippen LogP contribution < -0.4 is 15.5 Å². The Balaban J connectivity index is 1.50. The van der Waals surface area contributed by atoms with Gasteiger partial charge in [-0.1, -0.05) is 11.6 Å². The number of rotatable bonds is 6. The summed E-state index contributed by atoms with van der Waals surface area (Å²) in [5, 5.41) is 6.30. The summed E-state index contributed by atoms with van der Waals surface area (Å²) in [6.45, 7) is 4.91. The van der Waals surface area contributed by atoms with Gasteiger partial charge in [0.15, 0.2) is 0 Å². The molecule has 0 aromatic heterocycles. The smallest absolute Gasteiger partial charge is 0.242 e. The summed E-state index contributed by atoms with van der Waals surface area (Å²) >= 11 is 0. The van der Waals surface area contributed by atoms with Crippen molar-refractivity contribution in [2.24, 2.45) is 0 Å². The summed E-state index contributed by atoms with van der Waals surface area (Å²) < 4.78 is 0. The standard InChI is InChI=1S/C21H29N3O2/c1-15(21(26)22-12-10-17-6-4-3-5-7-17)23-19-8-9-20-18(14-19)11-13-24(20)16(2)25/h6,8-9,14-15,23H,3-5,7,10-13H2,1-2H3,(H,22,26)/t15-/m1/s1. The lowest BCUT2D eigenvalue weighted by Gasteiger charge is -2.18. The Morgan fingerprint density at radius 2 is 2.08 bits per heavy atom. The first-order chi connectivity index (χ1) is 12.5. The van der Waals surface area contributed by atoms with Crippen molar-refractivity contribution in [1.82, 2.24) is 5.32 Å². The van der Waals surface area contributed by atoms with E-state index in [9.17, 15) is 9.59 Å². The molecule has 5 nitrogen and oxygen atoms in total. The fourth-order valence-corrected chi connectivity index (χ4v) is 3.77. The lowest BCUT2D eigenvalue weighted by molar-refractivity contribution is -0.121. The molecule has 0 unspecified atom stereocenters. The summed E-state index contributed by atoms with van der Waals surface area (Å²) in [4.78, 5) is 25.7. The zero-order valence-corrected chi connectivity index (χ0v) is 15.8. The molecule has 140 valence electrons. The van der Waals surface area contributed by atoms with Gasteiger partial charge in [-0.05, 0) is 69.2 Å². The van der Waals surface area contributed by atoms with E-state index in [4.69, 9.17) is 0 Å². The Morgan fingerprint density at radius 1 is 1.23 bits per heavy atom. The molecule has 1 heterocycles. The Bertz CT molecular complexity index is 711. The van der Waals surface area contributed by atoms with E-state index < -0.39 is 0 Å². The monoisotopic (exact) mass is 355 g/mol. The van der Waals surface area contributed by atoms with Gasteiger partial charge in [-0.3, -0.25) is 9.59 Å². The molecule has 2 N–H and O–H groups in total. The Hall–Kier alpha value is -2.30. The van der Waals surface area contributed by atoms with Crippen molar-refractivity contribution in [2.75, 3.05) is 23.3 Å². The topological polar surface area (TPSA) is 61.4 Å². The van der Waals surface area contributed by atoms with Gasteiger partial charge in [0.25, 0.3) is 0 Å². The molecule has 1 aliphatic heterocycles. The molecule has 1 atom stereocenters. The van der Waals surface area contributed by atoms with Crippen molar-refractivity contribution in [1.29, 1.82) is 0 Å². The summed E-state index contributed by atoms with van der Waals surface area (Å²) in [5.41, 5.74) is 4.54. The van der Waals surface area contributed by atoms with Gasteiger partial charge in [-0.25, -0.2) is 0 Å². The van der Waals surface area contributed by atoms with Crippen LogP contribution in [0.15, 0.2) is 29.8 Å². The summed E-state index contributed by atoms with van der Waals surface area (Å²) in [5.74, 6) is 0.0950. The molecule has 0 saturated carbocycles. The van der Waals surface area contributed by atoms with Crippen molar-refractivity contribution in [2.45, 2.75) is 58.4 Å². The van der Waals surface area contributed by atoms with Crippen molar-refractivity contribution in [3.8, 4) is 0 Å². The zero-order valence-electron chi connectivity index (χ0n) is 15.8. The first-order valence-electron chi connectivity index (χ1n) is 9.68. The van der Waals surface area contributed by atoms with E-state index in [0.29, 0.717) is 6.54 Å². The molecule has 26 heavy (non-hydrogen) atoms. The maximum absolute atomic E-state index is 12.3. The van der Waals surface area contributed by atoms with E-state index in [-0.39, 0.29) is 17.9 Å². The Kier molecular flexibility index (Phi) is 5.96. The number of hydrogen-bond donors (Lipinski definition) is 2. The van der Waals surface area contributed by atoms with Crippen LogP contribution in [0.3, 0.4) is 0 Å². The first-order valence-corrected chi connectivity index (χ1v) is 9.68. The molecule has 2 amide bonds. The fraction of sp³-hybridized carbons (Fsp3) is 0.524. The van der Waals surface area contributed by atoms with E-state index >= 15 is 0 Å². The van der Waals surface area contributed by atoms with Crippen molar-refractivity contribution in [3.63, 3.8) is 0 Å². The van der Waals surface area contributed by atoms with Crippen LogP contribution in [0.1, 0.15) is 51.5 Å². The molecule has 3 rings (SSSR count). The van der Waals surface area contributed by atoms with Crippen molar-refractivity contribution >= 4 is 23.2 Å². The Morgan fingerprint density at radius 3 is 2.81 bits per heavy atom. The van der Waals surface area contributed by atoms with Crippen LogP contribution in [0.5, 0.6) is 0 Å². The lowest BCUT2D eigenvalue weighted by Crippen LogP contribution is -2.38. The van der Waals surface area contributed by atoms with Gasteiger partial charge in [0.05, 0.1) is 0 Å². The molecule has 0 spiro atoms. The molecule has 1 aliphatic carbocycles. The minimum atomic E-state index is -0.293. The SMILES string of the molecule is CC(=O)N1CCc2cc(N[C@H](C)C(=O)NCCC3=CCCCC3)ccc21. The van der Waals surface area contributed by atoms with E-state index in [1.807, 2.05) is 19.1 Å². The van der Waals surface area contributed by atoms with Gasteiger partial charge < -0.3 is 15.5 Å². The van der Waals surface area contributed by atoms with Crippen LogP contribution in [-0.4, -0.2) is 30.9 Å². The van der Waals surface area contributed by atoms with E-state index in [1.54, 1.807) is 11.8 Å². The predicted molar refractivity (Wildman–Crippen MR) is 105 cm³/mol. The number of hydrogen-bond acceptors (Lipinski definition) is 3. The third-order valence-corrected chi connectivity index (χ3v) is 5.26. The first kappa shape index (κ1) is 18.5. The van der Waals surface area contributed by atoms with Crippen molar-refractivity contribution in [3.05, 3.63) is 35.4 Å². The Labute approximate surface area is 155 Å². The van der Waals surface area contributed by atoms with E-state index in [1.165, 1.54) is 31.3 Å². The fourth-order valence-electron chi connectivity index (χ4n) is 3.77. The number of fused-ring (bicyclic) bond motifs is 1. The normalized spacial score (nSPS) is 17.3. The predicted octanol–water partition coefficient (Wildman–Crippen LogP) is 3.40. The highest BCUT2D eigenvalue weighted by atomic mass is 16.2. The molecule has 0 saturated heterocycles. The number of allylic oxidation sites excluding steroid dienone is 1. The van der Waals surface area contributed by atoms with Crippen LogP contribution >= 0.6 is 0 Å². The molecular weight excluding hydrogens is 326 g/mol. The quantitative estimate of drug-likeness (QED) is 0.769. The number of carbonyl (C=O) groups excluding carboxylic acids is 2. The van der Waals surface area contributed by atoms with Crippen molar-refractivity contribution < 1.29 is 9.59 Å². The third-order valence-electron chi connectivity index (χ3n) is 5.26. The number of benzene rings is 1. The second-order valence-electron chi connectivity index (χ2n) is 7.28. The summed E-state index contributed by atoms with van der Waals surface area (Å²) in [7, 11) is 0. The number of anilines is 2. The second-order valence-corrected chi connectivity index (χ2v) is 7.28. The van der Waals surface area contributed by atoms with Gasteiger partial charge in [0, 0.05) is 31.4 Å². The highest BCUT2D eigenvalue weighted by Crippen LogP contribution is 2.30. The van der Waals surface area contributed by atoms with Crippen LogP contribution in [0.4, 0.5) is 11.4 Å². The molecule has 5 heteroatoms. The average Bonchev–Trinajstić information content (AvgIpc) is 3.06. The van der Waals surface area contributed by atoms with Gasteiger partial charge in [-0.2, -0.15) is 0 Å². The number of amides is 2. The molecule has 2 aliphatic rings. The molecule has 0 fully saturated rings. The molecule has 0 radical (unpaired) electrons. The van der Waals surface area contributed by atoms with Gasteiger partial charge in [0.1, 0.15) is 6.04 Å². The maximum Gasteiger partial charge on any atom is 0.242 e. The van der Waals surface area contributed by atoms with Crippen LogP contribution in [0, 0.1) is 0 Å². The minimum absolute atomic E-state index is 0.0206. The summed E-state index contributed by atoms with van der Waals surface area (Å²) in [6, 6.07) is 5.66. The molecule has 0 bridgehead atoms. The number of nitrogens with zero attached hydrogens (tertiary/aromatic N) is 1. The van der Waals surface area contributed by atoms with Gasteiger partial charge in [0.2, 0.25) is 11.8 Å². The van der Waals surface area contributed by atoms with Gasteiger partial charge >= 0.3 is 0 Å². The van der Waals surface area contributed by atoms with Gasteiger partial charge in [-0.15, -0.1) is 0 Å². The van der Waals surface area contributed by atoms with E-state index in [2.05, 4.69) is 22.8 Å². The summed E-state index contributed by atoms with van der Waals surface area (Å²) in [6.07, 6.45) is 9.07. The third kappa shape index (κ3) is 4.45. The number of carbonyl (C=O) groups is 2. The highest BCUT2D eigenvalue weighted by Gasteiger charge is 2.22. The molecule has 1 aromatic carbocycles. The number of nitrogens with one attached hydrogen (secondary N) is 2. The zero-order chi connectivity index (χ0) is 18.5. The average molecular weight is 355 g/mol. The van der Waals surface area contributed by atoms with E-state index in [0.717, 1.165) is 36.3 Å². The van der Waals surface area contributed by atoms with Crippen LogP contribution in [-0.2, 0) is 16.0 Å². The molecular formula is C21H29N3O2. The maximum atomic E-state index is 12.3. The molecule has 1 aromatic rings. The van der Waals surface area contributed by atoms with Crippen LogP contribution in [0.2, 0.25) is 0 Å². The lowest BCUT2D eigenvalue weighted by atomic mass is 9.97. The highest BCUT2D eigenvalue weighted by molar-refractivity contribution is 5.94. The largest absolute Gasteiger partial charge is 0.374 e. The minimum Gasteiger partial charge on any atom is -0.374 e.